The summed E-state index contributed by atoms with van der Waals surface area (Å²) in [5.74, 6) is -0.614. The zero-order chi connectivity index (χ0) is 14.4. The summed E-state index contributed by atoms with van der Waals surface area (Å²) in [4.78, 5) is 25.7. The maximum Gasteiger partial charge on any atom is 0.326 e. The fourth-order valence-electron chi connectivity index (χ4n) is 3.80. The Morgan fingerprint density at radius 1 is 1.40 bits per heavy atom. The number of aliphatic carboxylic acids is 1. The summed E-state index contributed by atoms with van der Waals surface area (Å²) in [5, 5.41) is 13.7. The minimum atomic E-state index is -0.880. The van der Waals surface area contributed by atoms with Gasteiger partial charge in [-0.15, -0.1) is 0 Å². The SMILES string of the molecule is Cc1nn(C)cc1C(=O)N1CC2CCCC2C1C(=O)O. The molecule has 0 bridgehead atoms. The average Bonchev–Trinajstić information content (AvgIpc) is 3.00. The Morgan fingerprint density at radius 3 is 2.75 bits per heavy atom. The Labute approximate surface area is 117 Å². The first kappa shape index (κ1) is 13.1. The van der Waals surface area contributed by atoms with Gasteiger partial charge in [-0.1, -0.05) is 6.42 Å². The molecular weight excluding hydrogens is 258 g/mol. The molecule has 2 aliphatic rings. The maximum atomic E-state index is 12.6. The fraction of sp³-hybridized carbons (Fsp3) is 0.643. The third-order valence-corrected chi connectivity index (χ3v) is 4.65. The summed E-state index contributed by atoms with van der Waals surface area (Å²) in [6.07, 6.45) is 4.69. The molecule has 1 saturated carbocycles. The highest BCUT2D eigenvalue weighted by Gasteiger charge is 2.49. The molecule has 1 aliphatic heterocycles. The van der Waals surface area contributed by atoms with Crippen molar-refractivity contribution < 1.29 is 14.7 Å². The minimum Gasteiger partial charge on any atom is -0.480 e. The number of amides is 1. The summed E-state index contributed by atoms with van der Waals surface area (Å²) in [7, 11) is 1.76. The number of rotatable bonds is 2. The molecule has 6 nitrogen and oxygen atoms in total. The Bertz CT molecular complexity index is 566. The third-order valence-electron chi connectivity index (χ3n) is 4.65. The van der Waals surface area contributed by atoms with Gasteiger partial charge in [0.2, 0.25) is 0 Å². The molecule has 3 atom stereocenters. The van der Waals surface area contributed by atoms with Crippen molar-refractivity contribution in [1.29, 1.82) is 0 Å². The number of carboxylic acid groups (broad SMARTS) is 1. The number of carboxylic acids is 1. The van der Waals surface area contributed by atoms with Gasteiger partial charge in [-0.2, -0.15) is 5.10 Å². The molecule has 6 heteroatoms. The highest BCUT2D eigenvalue weighted by atomic mass is 16.4. The number of carbonyl (C=O) groups is 2. The van der Waals surface area contributed by atoms with Gasteiger partial charge in [-0.3, -0.25) is 9.48 Å². The first-order chi connectivity index (χ1) is 9.49. The zero-order valence-corrected chi connectivity index (χ0v) is 11.7. The molecule has 1 aromatic rings. The zero-order valence-electron chi connectivity index (χ0n) is 11.7. The molecule has 108 valence electrons. The van der Waals surface area contributed by atoms with E-state index in [-0.39, 0.29) is 11.8 Å². The Balaban J connectivity index is 1.91. The van der Waals surface area contributed by atoms with E-state index in [2.05, 4.69) is 5.10 Å². The van der Waals surface area contributed by atoms with Crippen LogP contribution in [0.15, 0.2) is 6.20 Å². The van der Waals surface area contributed by atoms with Gasteiger partial charge in [0, 0.05) is 19.8 Å². The number of hydrogen-bond acceptors (Lipinski definition) is 3. The molecule has 1 aliphatic carbocycles. The second kappa shape index (κ2) is 4.61. The second-order valence-corrected chi connectivity index (χ2v) is 5.90. The van der Waals surface area contributed by atoms with Gasteiger partial charge in [0.15, 0.2) is 0 Å². The van der Waals surface area contributed by atoms with Crippen molar-refractivity contribution >= 4 is 11.9 Å². The first-order valence-electron chi connectivity index (χ1n) is 7.03. The predicted molar refractivity (Wildman–Crippen MR) is 71.2 cm³/mol. The van der Waals surface area contributed by atoms with Crippen molar-refractivity contribution in [2.75, 3.05) is 6.54 Å². The van der Waals surface area contributed by atoms with Gasteiger partial charge in [-0.05, 0) is 31.6 Å². The summed E-state index contributed by atoms with van der Waals surface area (Å²) >= 11 is 0. The lowest BCUT2D eigenvalue weighted by Crippen LogP contribution is -2.43. The van der Waals surface area contributed by atoms with Crippen LogP contribution in [0.5, 0.6) is 0 Å². The van der Waals surface area contributed by atoms with Crippen LogP contribution < -0.4 is 0 Å². The standard InChI is InChI=1S/C14H19N3O3/c1-8-11(7-16(2)15-8)13(18)17-6-9-4-3-5-10(9)12(17)14(19)20/h7,9-10,12H,3-6H2,1-2H3,(H,19,20). The van der Waals surface area contributed by atoms with Crippen LogP contribution in [0.2, 0.25) is 0 Å². The highest BCUT2D eigenvalue weighted by Crippen LogP contribution is 2.42. The fourth-order valence-corrected chi connectivity index (χ4v) is 3.80. The van der Waals surface area contributed by atoms with E-state index in [1.165, 1.54) is 0 Å². The molecule has 3 unspecified atom stereocenters. The van der Waals surface area contributed by atoms with Crippen LogP contribution in [-0.2, 0) is 11.8 Å². The monoisotopic (exact) mass is 277 g/mol. The average molecular weight is 277 g/mol. The van der Waals surface area contributed by atoms with Gasteiger partial charge < -0.3 is 10.0 Å². The molecule has 0 aromatic carbocycles. The van der Waals surface area contributed by atoms with Gasteiger partial charge >= 0.3 is 5.97 Å². The third kappa shape index (κ3) is 1.90. The van der Waals surface area contributed by atoms with Crippen LogP contribution in [0.4, 0.5) is 0 Å². The van der Waals surface area contributed by atoms with Crippen LogP contribution in [0.1, 0.15) is 35.3 Å². The van der Waals surface area contributed by atoms with Crippen molar-refractivity contribution in [1.82, 2.24) is 14.7 Å². The normalized spacial score (nSPS) is 28.7. The van der Waals surface area contributed by atoms with Crippen LogP contribution in [0.3, 0.4) is 0 Å². The number of nitrogens with zero attached hydrogens (tertiary/aromatic N) is 3. The van der Waals surface area contributed by atoms with Gasteiger partial charge in [0.25, 0.3) is 5.91 Å². The van der Waals surface area contributed by atoms with Crippen molar-refractivity contribution in [2.24, 2.45) is 18.9 Å². The number of hydrogen-bond donors (Lipinski definition) is 1. The summed E-state index contributed by atoms with van der Waals surface area (Å²) in [6.45, 7) is 2.34. The van der Waals surface area contributed by atoms with Gasteiger partial charge in [0.1, 0.15) is 6.04 Å². The first-order valence-corrected chi connectivity index (χ1v) is 7.03. The van der Waals surface area contributed by atoms with E-state index in [1.807, 2.05) is 0 Å². The Hall–Kier alpha value is -1.85. The molecule has 1 N–H and O–H groups in total. The molecule has 1 aromatic heterocycles. The number of fused-ring (bicyclic) bond motifs is 1. The topological polar surface area (TPSA) is 75.4 Å². The lowest BCUT2D eigenvalue weighted by Gasteiger charge is -2.24. The Morgan fingerprint density at radius 2 is 2.15 bits per heavy atom. The summed E-state index contributed by atoms with van der Waals surface area (Å²) < 4.78 is 1.59. The smallest absolute Gasteiger partial charge is 0.326 e. The minimum absolute atomic E-state index is 0.119. The van der Waals surface area contributed by atoms with E-state index < -0.39 is 12.0 Å². The van der Waals surface area contributed by atoms with Crippen molar-refractivity contribution in [3.8, 4) is 0 Å². The van der Waals surface area contributed by atoms with Crippen LogP contribution in [0, 0.1) is 18.8 Å². The molecule has 1 saturated heterocycles. The van der Waals surface area contributed by atoms with Crippen molar-refractivity contribution in [2.45, 2.75) is 32.2 Å². The van der Waals surface area contributed by atoms with E-state index in [1.54, 1.807) is 29.7 Å². The van der Waals surface area contributed by atoms with Crippen molar-refractivity contribution in [3.05, 3.63) is 17.5 Å². The second-order valence-electron chi connectivity index (χ2n) is 5.90. The lowest BCUT2D eigenvalue weighted by atomic mass is 9.94. The van der Waals surface area contributed by atoms with E-state index >= 15 is 0 Å². The van der Waals surface area contributed by atoms with Crippen LogP contribution >= 0.6 is 0 Å². The molecule has 20 heavy (non-hydrogen) atoms. The van der Waals surface area contributed by atoms with Gasteiger partial charge in [0.05, 0.1) is 11.3 Å². The predicted octanol–water partition coefficient (Wildman–Crippen LogP) is 1.05. The van der Waals surface area contributed by atoms with Gasteiger partial charge in [-0.25, -0.2) is 4.79 Å². The summed E-state index contributed by atoms with van der Waals surface area (Å²) in [6, 6.07) is -0.672. The number of aromatic nitrogens is 2. The lowest BCUT2D eigenvalue weighted by molar-refractivity contribution is -0.142. The molecule has 2 fully saturated rings. The molecule has 2 heterocycles. The molecule has 0 radical (unpaired) electrons. The van der Waals surface area contributed by atoms with Crippen LogP contribution in [-0.4, -0.2) is 44.3 Å². The maximum absolute atomic E-state index is 12.6. The number of aryl methyl sites for hydroxylation is 2. The van der Waals surface area contributed by atoms with Crippen molar-refractivity contribution in [3.63, 3.8) is 0 Å². The van der Waals surface area contributed by atoms with E-state index in [9.17, 15) is 14.7 Å². The van der Waals surface area contributed by atoms with E-state index in [4.69, 9.17) is 0 Å². The highest BCUT2D eigenvalue weighted by molar-refractivity contribution is 5.97. The molecule has 1 amide bonds. The quantitative estimate of drug-likeness (QED) is 0.877. The number of likely N-dealkylation sites (tertiary alicyclic amines) is 1. The molecular formula is C14H19N3O3. The Kier molecular flexibility index (Phi) is 3.03. The molecule has 3 rings (SSSR count). The van der Waals surface area contributed by atoms with E-state index in [0.717, 1.165) is 19.3 Å². The van der Waals surface area contributed by atoms with E-state index in [0.29, 0.717) is 23.7 Å². The van der Waals surface area contributed by atoms with Crippen LogP contribution in [0.25, 0.3) is 0 Å². The largest absolute Gasteiger partial charge is 0.480 e. The number of carbonyl (C=O) groups excluding carboxylic acids is 1. The molecule has 0 spiro atoms. The summed E-state index contributed by atoms with van der Waals surface area (Å²) in [5.41, 5.74) is 1.16.